The molecule has 0 fully saturated rings. The molecule has 0 saturated heterocycles. The molecule has 1 heterocycles. The molecule has 2 aromatic carbocycles. The van der Waals surface area contributed by atoms with Crippen LogP contribution in [0.2, 0.25) is 0 Å². The number of halogens is 2. The largest absolute Gasteiger partial charge is 0.460 e. The second-order valence-electron chi connectivity index (χ2n) is 5.85. The maximum atomic E-state index is 14.2. The average Bonchev–Trinajstić information content (AvgIpc) is 2.55. The van der Waals surface area contributed by atoms with Crippen LogP contribution in [0.5, 0.6) is 0 Å². The number of rotatable bonds is 3. The van der Waals surface area contributed by atoms with Crippen LogP contribution in [0.15, 0.2) is 62.6 Å². The van der Waals surface area contributed by atoms with E-state index >= 15 is 0 Å². The van der Waals surface area contributed by atoms with Crippen molar-refractivity contribution in [3.63, 3.8) is 0 Å². The van der Waals surface area contributed by atoms with Crippen molar-refractivity contribution in [1.82, 2.24) is 0 Å². The Morgan fingerprint density at radius 1 is 0.962 bits per heavy atom. The fraction of sp³-hybridized carbons (Fsp3) is 0.105. The predicted molar refractivity (Wildman–Crippen MR) is 93.6 cm³/mol. The highest BCUT2D eigenvalue weighted by molar-refractivity contribution is 7.90. The summed E-state index contributed by atoms with van der Waals surface area (Å²) in [6.45, 7) is 1.57. The summed E-state index contributed by atoms with van der Waals surface area (Å²) in [5, 5.41) is 0. The smallest absolute Gasteiger partial charge is 0.193 e. The summed E-state index contributed by atoms with van der Waals surface area (Å²) < 4.78 is 56.3. The summed E-state index contributed by atoms with van der Waals surface area (Å²) in [6, 6.07) is 9.81. The number of hydrogen-bond donors (Lipinski definition) is 0. The first kappa shape index (κ1) is 18.0. The Hall–Kier alpha value is -2.80. The topological polar surface area (TPSA) is 64.3 Å². The van der Waals surface area contributed by atoms with Gasteiger partial charge in [-0.05, 0) is 43.3 Å². The van der Waals surface area contributed by atoms with E-state index in [2.05, 4.69) is 0 Å². The lowest BCUT2D eigenvalue weighted by atomic mass is 9.99. The van der Waals surface area contributed by atoms with Crippen LogP contribution in [0, 0.1) is 18.6 Å². The molecule has 0 aliphatic rings. The van der Waals surface area contributed by atoms with Crippen molar-refractivity contribution in [2.75, 3.05) is 6.26 Å². The van der Waals surface area contributed by atoms with E-state index < -0.39 is 26.9 Å². The van der Waals surface area contributed by atoms with Crippen LogP contribution in [-0.2, 0) is 9.84 Å². The Labute approximate surface area is 148 Å². The second-order valence-corrected chi connectivity index (χ2v) is 7.86. The molecule has 4 nitrogen and oxygen atoms in total. The minimum absolute atomic E-state index is 0.0554. The lowest BCUT2D eigenvalue weighted by Crippen LogP contribution is -2.07. The quantitative estimate of drug-likeness (QED) is 0.694. The molecule has 0 N–H and O–H groups in total. The van der Waals surface area contributed by atoms with Crippen LogP contribution in [0.25, 0.3) is 22.5 Å². The van der Waals surface area contributed by atoms with Gasteiger partial charge in [0.15, 0.2) is 15.3 Å². The molecular formula is C19H14F2O4S. The highest BCUT2D eigenvalue weighted by Crippen LogP contribution is 2.32. The third kappa shape index (κ3) is 3.43. The van der Waals surface area contributed by atoms with E-state index in [4.69, 9.17) is 4.42 Å². The lowest BCUT2D eigenvalue weighted by molar-refractivity contribution is 0.530. The van der Waals surface area contributed by atoms with E-state index in [0.29, 0.717) is 17.4 Å². The van der Waals surface area contributed by atoms with Gasteiger partial charge in [-0.15, -0.1) is 0 Å². The molecule has 0 radical (unpaired) electrons. The first-order valence-electron chi connectivity index (χ1n) is 7.57. The number of aryl methyl sites for hydroxylation is 1. The van der Waals surface area contributed by atoms with Gasteiger partial charge in [0.25, 0.3) is 0 Å². The second kappa shape index (κ2) is 6.49. The van der Waals surface area contributed by atoms with Crippen molar-refractivity contribution in [1.29, 1.82) is 0 Å². The lowest BCUT2D eigenvalue weighted by Gasteiger charge is -2.11. The normalized spacial score (nSPS) is 11.5. The van der Waals surface area contributed by atoms with E-state index in [-0.39, 0.29) is 21.8 Å². The minimum Gasteiger partial charge on any atom is -0.460 e. The summed E-state index contributed by atoms with van der Waals surface area (Å²) >= 11 is 0. The summed E-state index contributed by atoms with van der Waals surface area (Å²) in [5.41, 5.74) is -0.235. The molecule has 0 saturated carbocycles. The number of sulfone groups is 1. The van der Waals surface area contributed by atoms with Crippen molar-refractivity contribution in [2.24, 2.45) is 0 Å². The molecule has 1 aromatic heterocycles. The molecule has 0 aliphatic heterocycles. The van der Waals surface area contributed by atoms with Gasteiger partial charge in [0.1, 0.15) is 23.2 Å². The van der Waals surface area contributed by atoms with Crippen molar-refractivity contribution in [3.8, 4) is 22.5 Å². The van der Waals surface area contributed by atoms with Crippen molar-refractivity contribution >= 4 is 9.84 Å². The van der Waals surface area contributed by atoms with Gasteiger partial charge in [-0.2, -0.15) is 0 Å². The molecule has 0 amide bonds. The van der Waals surface area contributed by atoms with E-state index in [1.54, 1.807) is 6.92 Å². The molecule has 26 heavy (non-hydrogen) atoms. The van der Waals surface area contributed by atoms with Crippen LogP contribution >= 0.6 is 0 Å². The van der Waals surface area contributed by atoms with Gasteiger partial charge in [0.2, 0.25) is 0 Å². The molecule has 3 rings (SSSR count). The molecule has 7 heteroatoms. The van der Waals surface area contributed by atoms with E-state index in [1.165, 1.54) is 36.4 Å². The van der Waals surface area contributed by atoms with Gasteiger partial charge in [-0.3, -0.25) is 4.79 Å². The zero-order chi connectivity index (χ0) is 19.1. The Balaban J connectivity index is 2.27. The molecular weight excluding hydrogens is 362 g/mol. The first-order valence-corrected chi connectivity index (χ1v) is 9.46. The average molecular weight is 376 g/mol. The van der Waals surface area contributed by atoms with Crippen LogP contribution in [0.3, 0.4) is 0 Å². The zero-order valence-electron chi connectivity index (χ0n) is 13.9. The van der Waals surface area contributed by atoms with E-state index in [0.717, 1.165) is 12.3 Å². The number of hydrogen-bond acceptors (Lipinski definition) is 4. The van der Waals surface area contributed by atoms with E-state index in [9.17, 15) is 22.0 Å². The van der Waals surface area contributed by atoms with Crippen molar-refractivity contribution in [2.45, 2.75) is 11.8 Å². The molecule has 0 unspecified atom stereocenters. The van der Waals surface area contributed by atoms with Gasteiger partial charge >= 0.3 is 0 Å². The maximum absolute atomic E-state index is 14.2. The van der Waals surface area contributed by atoms with Crippen molar-refractivity contribution in [3.05, 3.63) is 76.1 Å². The van der Waals surface area contributed by atoms with Gasteiger partial charge in [0, 0.05) is 29.5 Å². The fourth-order valence-electron chi connectivity index (χ4n) is 2.61. The maximum Gasteiger partial charge on any atom is 0.193 e. The monoisotopic (exact) mass is 376 g/mol. The summed E-state index contributed by atoms with van der Waals surface area (Å²) in [7, 11) is -3.39. The summed E-state index contributed by atoms with van der Waals surface area (Å²) in [4.78, 5) is 12.6. The minimum atomic E-state index is -3.39. The standard InChI is InChI=1S/C19H14F2O4S/c1-11-9-17(22)18(15-8-5-13(20)10-16(15)21)19(25-11)12-3-6-14(7-4-12)26(2,23)24/h3-10H,1-2H3. The van der Waals surface area contributed by atoms with Crippen LogP contribution in [0.1, 0.15) is 5.76 Å². The van der Waals surface area contributed by atoms with Crippen LogP contribution < -0.4 is 5.43 Å². The third-order valence-corrected chi connectivity index (χ3v) is 4.94. The Morgan fingerprint density at radius 3 is 2.19 bits per heavy atom. The van der Waals surface area contributed by atoms with Gasteiger partial charge in [-0.1, -0.05) is 0 Å². The molecule has 0 bridgehead atoms. The van der Waals surface area contributed by atoms with Gasteiger partial charge < -0.3 is 4.42 Å². The number of benzene rings is 2. The fourth-order valence-corrected chi connectivity index (χ4v) is 3.24. The Kier molecular flexibility index (Phi) is 4.50. The zero-order valence-corrected chi connectivity index (χ0v) is 14.7. The first-order chi connectivity index (χ1) is 12.2. The van der Waals surface area contributed by atoms with Crippen molar-refractivity contribution < 1.29 is 21.6 Å². The summed E-state index contributed by atoms with van der Waals surface area (Å²) in [5.74, 6) is -1.26. The predicted octanol–water partition coefficient (Wildman–Crippen LogP) is 3.96. The molecule has 134 valence electrons. The highest BCUT2D eigenvalue weighted by Gasteiger charge is 2.19. The van der Waals surface area contributed by atoms with Crippen LogP contribution in [-0.4, -0.2) is 14.7 Å². The van der Waals surface area contributed by atoms with Crippen LogP contribution in [0.4, 0.5) is 8.78 Å². The van der Waals surface area contributed by atoms with Gasteiger partial charge in [-0.25, -0.2) is 17.2 Å². The molecule has 3 aromatic rings. The Bertz CT molecular complexity index is 1150. The van der Waals surface area contributed by atoms with E-state index in [1.807, 2.05) is 0 Å². The molecule has 0 aliphatic carbocycles. The molecule has 0 spiro atoms. The summed E-state index contributed by atoms with van der Waals surface area (Å²) in [6.07, 6.45) is 1.08. The molecule has 0 atom stereocenters. The van der Waals surface area contributed by atoms with Gasteiger partial charge in [0.05, 0.1) is 10.5 Å². The highest BCUT2D eigenvalue weighted by atomic mass is 32.2. The Morgan fingerprint density at radius 2 is 1.62 bits per heavy atom. The third-order valence-electron chi connectivity index (χ3n) is 3.82. The SMILES string of the molecule is Cc1cc(=O)c(-c2ccc(F)cc2F)c(-c2ccc(S(C)(=O)=O)cc2)o1.